The number of ether oxygens (including phenoxy) is 1. The molecule has 0 saturated carbocycles. The molecule has 1 heterocycles. The fraction of sp³-hybridized carbons (Fsp3) is 0.556. The smallest absolute Gasteiger partial charge is 0.239 e. The maximum atomic E-state index is 11.8. The van der Waals surface area contributed by atoms with E-state index in [2.05, 4.69) is 35.5 Å². The summed E-state index contributed by atoms with van der Waals surface area (Å²) < 4.78 is 5.71. The number of morpholine rings is 1. The maximum Gasteiger partial charge on any atom is 0.239 e. The Morgan fingerprint density at radius 1 is 1.29 bits per heavy atom. The Hall–Kier alpha value is -2.10. The lowest BCUT2D eigenvalue weighted by atomic mass is 10.2. The van der Waals surface area contributed by atoms with Crippen LogP contribution >= 0.6 is 0 Å². The van der Waals surface area contributed by atoms with Crippen LogP contribution in [0.15, 0.2) is 24.3 Å². The number of amides is 1. The van der Waals surface area contributed by atoms with Crippen LogP contribution in [0.4, 0.5) is 5.69 Å². The second kappa shape index (κ2) is 9.26. The summed E-state index contributed by atoms with van der Waals surface area (Å²) in [7, 11) is 0. The van der Waals surface area contributed by atoms with Crippen LogP contribution in [0.25, 0.3) is 0 Å². The molecule has 1 aromatic carbocycles. The summed E-state index contributed by atoms with van der Waals surface area (Å²) in [6.45, 7) is 7.99. The Bertz CT molecular complexity index is 557. The molecule has 2 rings (SSSR count). The molecule has 0 bridgehead atoms. The number of hydrogen-bond acceptors (Lipinski definition) is 5. The molecular formula is C18H26N4O2. The molecule has 130 valence electrons. The molecular weight excluding hydrogens is 304 g/mol. The third-order valence-electron chi connectivity index (χ3n) is 3.94. The van der Waals surface area contributed by atoms with Crippen LogP contribution in [0.2, 0.25) is 0 Å². The van der Waals surface area contributed by atoms with E-state index in [-0.39, 0.29) is 24.7 Å². The standard InChI is InChI=1S/C18H26N4O2/c1-14-12-22(13-15(2)24-14)9-3-8-20-18(23)11-21-17-6-4-16(10-19)5-7-17/h4-7,14-15,21H,3,8-9,11-13H2,1-2H3,(H,20,23). The van der Waals surface area contributed by atoms with Crippen LogP contribution in [0.1, 0.15) is 25.8 Å². The second-order valence-electron chi connectivity index (χ2n) is 6.26. The first kappa shape index (κ1) is 18.2. The van der Waals surface area contributed by atoms with Gasteiger partial charge in [-0.25, -0.2) is 0 Å². The number of carbonyl (C=O) groups is 1. The first-order chi connectivity index (χ1) is 11.6. The minimum absolute atomic E-state index is 0.0249. The van der Waals surface area contributed by atoms with Gasteiger partial charge in [0, 0.05) is 31.9 Å². The molecule has 1 aromatic rings. The topological polar surface area (TPSA) is 77.4 Å². The largest absolute Gasteiger partial charge is 0.376 e. The molecule has 0 spiro atoms. The van der Waals surface area contributed by atoms with Crippen LogP contribution in [0, 0.1) is 11.3 Å². The summed E-state index contributed by atoms with van der Waals surface area (Å²) in [5, 5.41) is 14.7. The van der Waals surface area contributed by atoms with Crippen LogP contribution in [-0.2, 0) is 9.53 Å². The van der Waals surface area contributed by atoms with E-state index in [1.54, 1.807) is 24.3 Å². The second-order valence-corrected chi connectivity index (χ2v) is 6.26. The molecule has 1 fully saturated rings. The minimum Gasteiger partial charge on any atom is -0.376 e. The molecule has 1 aliphatic rings. The molecule has 2 unspecified atom stereocenters. The van der Waals surface area contributed by atoms with Crippen molar-refractivity contribution in [2.24, 2.45) is 0 Å². The minimum atomic E-state index is -0.0249. The number of anilines is 1. The Labute approximate surface area is 143 Å². The lowest BCUT2D eigenvalue weighted by Crippen LogP contribution is -2.46. The molecule has 0 aromatic heterocycles. The van der Waals surface area contributed by atoms with Gasteiger partial charge in [-0.3, -0.25) is 9.69 Å². The quantitative estimate of drug-likeness (QED) is 0.742. The Kier molecular flexibility index (Phi) is 7.04. The first-order valence-electron chi connectivity index (χ1n) is 8.45. The van der Waals surface area contributed by atoms with E-state index < -0.39 is 0 Å². The zero-order valence-electron chi connectivity index (χ0n) is 14.4. The third kappa shape index (κ3) is 6.19. The number of benzene rings is 1. The van der Waals surface area contributed by atoms with Crippen molar-refractivity contribution in [3.8, 4) is 6.07 Å². The van der Waals surface area contributed by atoms with Gasteiger partial charge in [-0.1, -0.05) is 0 Å². The highest BCUT2D eigenvalue weighted by molar-refractivity contribution is 5.80. The molecule has 6 heteroatoms. The van der Waals surface area contributed by atoms with Crippen molar-refractivity contribution >= 4 is 11.6 Å². The number of nitrogens with zero attached hydrogens (tertiary/aromatic N) is 2. The van der Waals surface area contributed by atoms with Gasteiger partial charge in [0.1, 0.15) is 0 Å². The average Bonchev–Trinajstić information content (AvgIpc) is 2.56. The molecule has 1 saturated heterocycles. The van der Waals surface area contributed by atoms with Gasteiger partial charge in [-0.2, -0.15) is 5.26 Å². The summed E-state index contributed by atoms with van der Waals surface area (Å²) in [4.78, 5) is 14.2. The summed E-state index contributed by atoms with van der Waals surface area (Å²) >= 11 is 0. The highest BCUT2D eigenvalue weighted by Gasteiger charge is 2.21. The van der Waals surface area contributed by atoms with Crippen molar-refractivity contribution < 1.29 is 9.53 Å². The van der Waals surface area contributed by atoms with E-state index in [0.29, 0.717) is 12.1 Å². The van der Waals surface area contributed by atoms with Crippen molar-refractivity contribution in [1.82, 2.24) is 10.2 Å². The number of carbonyl (C=O) groups excluding carboxylic acids is 1. The predicted molar refractivity (Wildman–Crippen MR) is 93.7 cm³/mol. The number of nitrogens with one attached hydrogen (secondary N) is 2. The van der Waals surface area contributed by atoms with Gasteiger partial charge >= 0.3 is 0 Å². The first-order valence-corrected chi connectivity index (χ1v) is 8.45. The van der Waals surface area contributed by atoms with Gasteiger partial charge in [0.15, 0.2) is 0 Å². The molecule has 1 amide bonds. The van der Waals surface area contributed by atoms with Crippen molar-refractivity contribution in [3.63, 3.8) is 0 Å². The van der Waals surface area contributed by atoms with Crippen molar-refractivity contribution in [3.05, 3.63) is 29.8 Å². The lowest BCUT2D eigenvalue weighted by molar-refractivity contribution is -0.119. The van der Waals surface area contributed by atoms with Gasteiger partial charge in [0.25, 0.3) is 0 Å². The summed E-state index contributed by atoms with van der Waals surface area (Å²) in [5.74, 6) is -0.0249. The highest BCUT2D eigenvalue weighted by Crippen LogP contribution is 2.10. The zero-order valence-corrected chi connectivity index (χ0v) is 14.4. The lowest BCUT2D eigenvalue weighted by Gasteiger charge is -2.35. The Morgan fingerprint density at radius 2 is 1.96 bits per heavy atom. The Balaban J connectivity index is 1.58. The van der Waals surface area contributed by atoms with E-state index in [4.69, 9.17) is 10.00 Å². The summed E-state index contributed by atoms with van der Waals surface area (Å²) in [6, 6.07) is 9.12. The van der Waals surface area contributed by atoms with Crippen molar-refractivity contribution in [2.45, 2.75) is 32.5 Å². The summed E-state index contributed by atoms with van der Waals surface area (Å²) in [6.07, 6.45) is 1.49. The third-order valence-corrected chi connectivity index (χ3v) is 3.94. The van der Waals surface area contributed by atoms with E-state index in [9.17, 15) is 4.79 Å². The van der Waals surface area contributed by atoms with Crippen LogP contribution in [0.3, 0.4) is 0 Å². The molecule has 1 aliphatic heterocycles. The van der Waals surface area contributed by atoms with E-state index in [1.807, 2.05) is 0 Å². The molecule has 0 radical (unpaired) electrons. The fourth-order valence-electron chi connectivity index (χ4n) is 2.90. The van der Waals surface area contributed by atoms with Crippen molar-refractivity contribution in [1.29, 1.82) is 5.26 Å². The van der Waals surface area contributed by atoms with Gasteiger partial charge in [0.05, 0.1) is 30.4 Å². The normalized spacial score (nSPS) is 21.0. The van der Waals surface area contributed by atoms with E-state index in [0.717, 1.165) is 31.7 Å². The number of hydrogen-bond donors (Lipinski definition) is 2. The maximum absolute atomic E-state index is 11.8. The van der Waals surface area contributed by atoms with Gasteiger partial charge in [-0.15, -0.1) is 0 Å². The van der Waals surface area contributed by atoms with E-state index >= 15 is 0 Å². The highest BCUT2D eigenvalue weighted by atomic mass is 16.5. The fourth-order valence-corrected chi connectivity index (χ4v) is 2.90. The zero-order chi connectivity index (χ0) is 17.4. The molecule has 6 nitrogen and oxygen atoms in total. The van der Waals surface area contributed by atoms with Crippen molar-refractivity contribution in [2.75, 3.05) is 38.0 Å². The number of rotatable bonds is 7. The molecule has 2 atom stereocenters. The van der Waals surface area contributed by atoms with Gasteiger partial charge in [0.2, 0.25) is 5.91 Å². The Morgan fingerprint density at radius 3 is 2.58 bits per heavy atom. The van der Waals surface area contributed by atoms with Gasteiger partial charge in [-0.05, 0) is 44.5 Å². The van der Waals surface area contributed by atoms with Crippen LogP contribution < -0.4 is 10.6 Å². The SMILES string of the molecule is CC1CN(CCCNC(=O)CNc2ccc(C#N)cc2)CC(C)O1. The van der Waals surface area contributed by atoms with Crippen LogP contribution in [0.5, 0.6) is 0 Å². The van der Waals surface area contributed by atoms with Crippen LogP contribution in [-0.4, -0.2) is 55.7 Å². The molecule has 24 heavy (non-hydrogen) atoms. The number of nitriles is 1. The molecule has 0 aliphatic carbocycles. The average molecular weight is 330 g/mol. The molecule has 2 N–H and O–H groups in total. The monoisotopic (exact) mass is 330 g/mol. The summed E-state index contributed by atoms with van der Waals surface area (Å²) in [5.41, 5.74) is 1.44. The van der Waals surface area contributed by atoms with E-state index in [1.165, 1.54) is 0 Å². The van der Waals surface area contributed by atoms with Gasteiger partial charge < -0.3 is 15.4 Å². The predicted octanol–water partition coefficient (Wildman–Crippen LogP) is 1.59.